The Morgan fingerprint density at radius 3 is 2.89 bits per heavy atom. The number of amides is 1. The van der Waals surface area contributed by atoms with Crippen molar-refractivity contribution in [2.45, 2.75) is 19.9 Å². The monoisotopic (exact) mass is 266 g/mol. The zero-order valence-electron chi connectivity index (χ0n) is 10.9. The second-order valence-electron chi connectivity index (χ2n) is 4.08. The van der Waals surface area contributed by atoms with Crippen molar-refractivity contribution in [3.8, 4) is 11.8 Å². The summed E-state index contributed by atoms with van der Waals surface area (Å²) in [7, 11) is 1.68. The van der Waals surface area contributed by atoms with Gasteiger partial charge in [-0.3, -0.25) is 4.79 Å². The van der Waals surface area contributed by atoms with Crippen molar-refractivity contribution < 1.29 is 9.90 Å². The van der Waals surface area contributed by atoms with Crippen LogP contribution in [0, 0.1) is 18.8 Å². The summed E-state index contributed by atoms with van der Waals surface area (Å²) in [4.78, 5) is 15.2. The highest BCUT2D eigenvalue weighted by molar-refractivity contribution is 7.14. The zero-order valence-corrected chi connectivity index (χ0v) is 11.7. The van der Waals surface area contributed by atoms with E-state index in [-0.39, 0.29) is 18.6 Å². The Morgan fingerprint density at radius 1 is 1.67 bits per heavy atom. The Bertz CT molecular complexity index is 485. The standard InChI is InChI=1S/C13H18N2O2S/c1-9-7-12(18-11(9)5-4-6-14)13(17)15(3)10(2)8-16/h7,10,16H,6,8,14H2,1-3H3. The number of aliphatic hydroxyl groups excluding tert-OH is 1. The zero-order chi connectivity index (χ0) is 13.7. The van der Waals surface area contributed by atoms with E-state index >= 15 is 0 Å². The first-order chi connectivity index (χ1) is 8.51. The van der Waals surface area contributed by atoms with Gasteiger partial charge in [-0.2, -0.15) is 0 Å². The largest absolute Gasteiger partial charge is 0.394 e. The molecule has 1 rings (SSSR count). The third kappa shape index (κ3) is 3.33. The van der Waals surface area contributed by atoms with E-state index in [1.165, 1.54) is 16.2 Å². The van der Waals surface area contributed by atoms with E-state index in [0.717, 1.165) is 10.4 Å². The SMILES string of the molecule is Cc1cc(C(=O)N(C)C(C)CO)sc1C#CCN. The molecule has 0 aliphatic heterocycles. The molecule has 1 aromatic rings. The lowest BCUT2D eigenvalue weighted by Gasteiger charge is -2.22. The van der Waals surface area contributed by atoms with Crippen LogP contribution in [0.3, 0.4) is 0 Å². The molecule has 0 aliphatic carbocycles. The Balaban J connectivity index is 2.94. The van der Waals surface area contributed by atoms with Crippen LogP contribution in [0.5, 0.6) is 0 Å². The maximum absolute atomic E-state index is 12.1. The van der Waals surface area contributed by atoms with Crippen molar-refractivity contribution in [2.24, 2.45) is 5.73 Å². The van der Waals surface area contributed by atoms with E-state index in [2.05, 4.69) is 11.8 Å². The molecule has 1 heterocycles. The van der Waals surface area contributed by atoms with E-state index in [9.17, 15) is 4.79 Å². The molecular formula is C13H18N2O2S. The van der Waals surface area contributed by atoms with Gasteiger partial charge in [0.15, 0.2) is 0 Å². The molecule has 3 N–H and O–H groups in total. The molecule has 0 bridgehead atoms. The fourth-order valence-electron chi connectivity index (χ4n) is 1.34. The molecule has 1 atom stereocenters. The highest BCUT2D eigenvalue weighted by Crippen LogP contribution is 2.22. The molecule has 0 fully saturated rings. The van der Waals surface area contributed by atoms with Crippen molar-refractivity contribution >= 4 is 17.2 Å². The third-order valence-electron chi connectivity index (χ3n) is 2.68. The molecule has 1 unspecified atom stereocenters. The molecule has 1 aromatic heterocycles. The first kappa shape index (κ1) is 14.7. The number of aliphatic hydroxyl groups is 1. The number of hydrogen-bond acceptors (Lipinski definition) is 4. The number of hydrogen-bond donors (Lipinski definition) is 2. The van der Waals surface area contributed by atoms with Gasteiger partial charge in [-0.25, -0.2) is 0 Å². The van der Waals surface area contributed by atoms with Gasteiger partial charge in [0, 0.05) is 7.05 Å². The van der Waals surface area contributed by atoms with Gasteiger partial charge in [-0.1, -0.05) is 11.8 Å². The van der Waals surface area contributed by atoms with Crippen molar-refractivity contribution in [2.75, 3.05) is 20.2 Å². The van der Waals surface area contributed by atoms with Crippen LogP contribution < -0.4 is 5.73 Å². The maximum Gasteiger partial charge on any atom is 0.264 e. The summed E-state index contributed by atoms with van der Waals surface area (Å²) in [5.41, 5.74) is 6.31. The summed E-state index contributed by atoms with van der Waals surface area (Å²) in [6, 6.07) is 1.63. The van der Waals surface area contributed by atoms with Crippen LogP contribution in [0.4, 0.5) is 0 Å². The third-order valence-corrected chi connectivity index (χ3v) is 3.82. The predicted molar refractivity (Wildman–Crippen MR) is 73.6 cm³/mol. The van der Waals surface area contributed by atoms with Gasteiger partial charge in [-0.05, 0) is 25.5 Å². The number of nitrogens with two attached hydrogens (primary N) is 1. The normalized spacial score (nSPS) is 11.6. The molecule has 0 saturated heterocycles. The van der Waals surface area contributed by atoms with Crippen LogP contribution in [0.25, 0.3) is 0 Å². The molecule has 0 aromatic carbocycles. The molecule has 5 heteroatoms. The Labute approximate surface area is 111 Å². The van der Waals surface area contributed by atoms with Crippen LogP contribution in [-0.2, 0) is 0 Å². The van der Waals surface area contributed by atoms with Crippen LogP contribution in [0.1, 0.15) is 27.0 Å². The number of carbonyl (C=O) groups excluding carboxylic acids is 1. The number of nitrogens with zero attached hydrogens (tertiary/aromatic N) is 1. The molecule has 0 aliphatic rings. The lowest BCUT2D eigenvalue weighted by molar-refractivity contribution is 0.0687. The molecule has 98 valence electrons. The Hall–Kier alpha value is -1.35. The highest BCUT2D eigenvalue weighted by Gasteiger charge is 2.19. The quantitative estimate of drug-likeness (QED) is 0.796. The summed E-state index contributed by atoms with van der Waals surface area (Å²) < 4.78 is 0. The minimum atomic E-state index is -0.196. The van der Waals surface area contributed by atoms with Gasteiger partial charge < -0.3 is 15.7 Å². The van der Waals surface area contributed by atoms with E-state index in [1.807, 2.05) is 13.0 Å². The first-order valence-corrected chi connectivity index (χ1v) is 6.50. The van der Waals surface area contributed by atoms with Crippen molar-refractivity contribution in [3.63, 3.8) is 0 Å². The molecular weight excluding hydrogens is 248 g/mol. The summed E-state index contributed by atoms with van der Waals surface area (Å²) >= 11 is 1.36. The number of thiophene rings is 1. The molecule has 18 heavy (non-hydrogen) atoms. The van der Waals surface area contributed by atoms with E-state index < -0.39 is 0 Å². The maximum atomic E-state index is 12.1. The predicted octanol–water partition coefficient (Wildman–Crippen LogP) is 0.820. The van der Waals surface area contributed by atoms with Gasteiger partial charge in [0.1, 0.15) is 0 Å². The first-order valence-electron chi connectivity index (χ1n) is 5.68. The van der Waals surface area contributed by atoms with Crippen LogP contribution in [0.15, 0.2) is 6.07 Å². The van der Waals surface area contributed by atoms with Crippen LogP contribution in [-0.4, -0.2) is 42.2 Å². The lowest BCUT2D eigenvalue weighted by atomic mass is 10.2. The van der Waals surface area contributed by atoms with Gasteiger partial charge in [0.05, 0.1) is 28.9 Å². The van der Waals surface area contributed by atoms with Gasteiger partial charge >= 0.3 is 0 Å². The van der Waals surface area contributed by atoms with Gasteiger partial charge in [0.25, 0.3) is 5.91 Å². The fraction of sp³-hybridized carbons (Fsp3) is 0.462. The summed E-state index contributed by atoms with van der Waals surface area (Å²) in [6.45, 7) is 3.98. The number of aryl methyl sites for hydroxylation is 1. The van der Waals surface area contributed by atoms with Crippen molar-refractivity contribution in [1.29, 1.82) is 0 Å². The number of rotatable bonds is 3. The van der Waals surface area contributed by atoms with Crippen molar-refractivity contribution in [1.82, 2.24) is 4.90 Å². The average Bonchev–Trinajstić information content (AvgIpc) is 2.74. The topological polar surface area (TPSA) is 66.6 Å². The molecule has 0 saturated carbocycles. The molecule has 0 radical (unpaired) electrons. The summed E-state index contributed by atoms with van der Waals surface area (Å²) in [5.74, 6) is 5.65. The fourth-order valence-corrected chi connectivity index (χ4v) is 2.37. The summed E-state index contributed by atoms with van der Waals surface area (Å²) in [6.07, 6.45) is 0. The van der Waals surface area contributed by atoms with E-state index in [1.54, 1.807) is 14.0 Å². The average molecular weight is 266 g/mol. The second kappa shape index (κ2) is 6.55. The highest BCUT2D eigenvalue weighted by atomic mass is 32.1. The lowest BCUT2D eigenvalue weighted by Crippen LogP contribution is -2.36. The smallest absolute Gasteiger partial charge is 0.264 e. The van der Waals surface area contributed by atoms with Gasteiger partial charge in [0.2, 0.25) is 0 Å². The van der Waals surface area contributed by atoms with Crippen LogP contribution in [0.2, 0.25) is 0 Å². The molecule has 4 nitrogen and oxygen atoms in total. The second-order valence-corrected chi connectivity index (χ2v) is 5.13. The number of carbonyl (C=O) groups is 1. The molecule has 1 amide bonds. The Morgan fingerprint density at radius 2 is 2.33 bits per heavy atom. The van der Waals surface area contributed by atoms with E-state index in [0.29, 0.717) is 11.4 Å². The minimum absolute atomic E-state index is 0.0492. The minimum Gasteiger partial charge on any atom is -0.394 e. The van der Waals surface area contributed by atoms with Crippen molar-refractivity contribution in [3.05, 3.63) is 21.4 Å². The summed E-state index contributed by atoms with van der Waals surface area (Å²) in [5, 5.41) is 9.05. The molecule has 0 spiro atoms. The van der Waals surface area contributed by atoms with Crippen LogP contribution >= 0.6 is 11.3 Å². The number of likely N-dealkylation sites (N-methyl/N-ethyl adjacent to an activating group) is 1. The van der Waals surface area contributed by atoms with E-state index in [4.69, 9.17) is 10.8 Å². The van der Waals surface area contributed by atoms with Gasteiger partial charge in [-0.15, -0.1) is 11.3 Å². The Kier molecular flexibility index (Phi) is 5.35.